The Kier molecular flexibility index (Phi) is 6.48. The van der Waals surface area contributed by atoms with Crippen LogP contribution >= 0.6 is 0 Å². The minimum Gasteiger partial charge on any atom is -0.403 e. The van der Waals surface area contributed by atoms with Crippen molar-refractivity contribution in [3.63, 3.8) is 0 Å². The molecule has 40 heavy (non-hydrogen) atoms. The van der Waals surface area contributed by atoms with Gasteiger partial charge in [-0.25, -0.2) is 4.99 Å². The summed E-state index contributed by atoms with van der Waals surface area (Å²) >= 11 is 0. The maximum absolute atomic E-state index is 13.2. The predicted octanol–water partition coefficient (Wildman–Crippen LogP) is 4.11. The number of rotatable bonds is 6. The van der Waals surface area contributed by atoms with Crippen molar-refractivity contribution < 1.29 is 13.9 Å². The molecule has 11 nitrogen and oxygen atoms in total. The number of aromatic nitrogens is 4. The molecule has 2 aromatic heterocycles. The van der Waals surface area contributed by atoms with Crippen LogP contribution in [0, 0.1) is 0 Å². The van der Waals surface area contributed by atoms with E-state index in [0.29, 0.717) is 36.5 Å². The molecule has 1 amide bonds. The van der Waals surface area contributed by atoms with Crippen molar-refractivity contribution in [2.75, 3.05) is 41.8 Å². The number of carbonyl (C=O) groups is 1. The smallest absolute Gasteiger partial charge is 0.317 e. The number of aliphatic imine (C=N–C) groups is 1. The van der Waals surface area contributed by atoms with Gasteiger partial charge in [-0.15, -0.1) is 5.10 Å². The van der Waals surface area contributed by atoms with Gasteiger partial charge in [0.2, 0.25) is 6.17 Å². The zero-order valence-corrected chi connectivity index (χ0v) is 22.0. The third-order valence-corrected chi connectivity index (χ3v) is 7.63. The first-order valence-electron chi connectivity index (χ1n) is 13.8. The van der Waals surface area contributed by atoms with Crippen LogP contribution in [0.3, 0.4) is 0 Å². The van der Waals surface area contributed by atoms with Gasteiger partial charge in [-0.05, 0) is 18.9 Å². The quantitative estimate of drug-likeness (QED) is 0.376. The summed E-state index contributed by atoms with van der Waals surface area (Å²) in [5.41, 5.74) is 3.91. The van der Waals surface area contributed by atoms with Crippen molar-refractivity contribution in [2.45, 2.75) is 37.9 Å². The summed E-state index contributed by atoms with van der Waals surface area (Å²) in [7, 11) is 0. The summed E-state index contributed by atoms with van der Waals surface area (Å²) in [6.45, 7) is 2.78. The van der Waals surface area contributed by atoms with Crippen LogP contribution in [0.1, 0.15) is 42.9 Å². The summed E-state index contributed by atoms with van der Waals surface area (Å²) < 4.78 is 13.7. The Bertz CT molecular complexity index is 1530. The van der Waals surface area contributed by atoms with Crippen molar-refractivity contribution in [2.24, 2.45) is 4.99 Å². The number of nitrogens with one attached hydrogen (secondary N) is 2. The number of nitrogens with zero attached hydrogens (tertiary/aromatic N) is 6. The van der Waals surface area contributed by atoms with Gasteiger partial charge >= 0.3 is 6.01 Å². The SMILES string of the molecule is O=C1Nc2ccccc2C(c2ccccc2)=N[C@@H]1Nc1nnc(-c2cn(C3CCCC3)nc2N2CCOCC2)o1. The number of benzene rings is 2. The summed E-state index contributed by atoms with van der Waals surface area (Å²) in [6, 6.07) is 17.9. The molecule has 4 heterocycles. The van der Waals surface area contributed by atoms with Gasteiger partial charge in [0.05, 0.1) is 30.7 Å². The van der Waals surface area contributed by atoms with Crippen LogP contribution in [0.5, 0.6) is 0 Å². The van der Waals surface area contributed by atoms with E-state index in [0.717, 1.165) is 48.4 Å². The fraction of sp³-hybridized carbons (Fsp3) is 0.345. The third kappa shape index (κ3) is 4.73. The molecule has 7 rings (SSSR count). The molecule has 0 bridgehead atoms. The van der Waals surface area contributed by atoms with Gasteiger partial charge in [0.15, 0.2) is 5.82 Å². The molecule has 11 heteroatoms. The fourth-order valence-electron chi connectivity index (χ4n) is 5.59. The van der Waals surface area contributed by atoms with Crippen molar-refractivity contribution in [3.05, 3.63) is 71.9 Å². The Morgan fingerprint density at radius 1 is 0.925 bits per heavy atom. The van der Waals surface area contributed by atoms with Gasteiger partial charge in [0.1, 0.15) is 5.56 Å². The van der Waals surface area contributed by atoms with E-state index in [2.05, 4.69) is 30.4 Å². The van der Waals surface area contributed by atoms with Crippen LogP contribution in [-0.4, -0.2) is 64.1 Å². The second-order valence-electron chi connectivity index (χ2n) is 10.2. The molecule has 1 aliphatic carbocycles. The van der Waals surface area contributed by atoms with Crippen molar-refractivity contribution in [3.8, 4) is 11.5 Å². The van der Waals surface area contributed by atoms with E-state index < -0.39 is 6.17 Å². The molecule has 0 unspecified atom stereocenters. The minimum atomic E-state index is -0.976. The number of ether oxygens (including phenoxy) is 1. The van der Waals surface area contributed by atoms with E-state index in [1.807, 2.05) is 60.8 Å². The Morgan fingerprint density at radius 2 is 1.70 bits per heavy atom. The highest BCUT2D eigenvalue weighted by molar-refractivity contribution is 6.19. The first kappa shape index (κ1) is 24.5. The number of fused-ring (bicyclic) bond motifs is 1. The molecule has 1 saturated carbocycles. The molecule has 204 valence electrons. The molecule has 4 aromatic rings. The van der Waals surface area contributed by atoms with E-state index in [1.54, 1.807) is 0 Å². The first-order valence-corrected chi connectivity index (χ1v) is 13.8. The van der Waals surface area contributed by atoms with E-state index in [-0.39, 0.29) is 11.9 Å². The number of morpholine rings is 1. The fourth-order valence-corrected chi connectivity index (χ4v) is 5.59. The second kappa shape index (κ2) is 10.6. The Morgan fingerprint density at radius 3 is 2.52 bits per heavy atom. The lowest BCUT2D eigenvalue weighted by Crippen LogP contribution is -2.36. The topological polar surface area (TPSA) is 123 Å². The lowest BCUT2D eigenvalue weighted by molar-refractivity contribution is -0.116. The highest BCUT2D eigenvalue weighted by Crippen LogP contribution is 2.36. The molecular formula is C29H30N8O3. The minimum absolute atomic E-state index is 0.110. The van der Waals surface area contributed by atoms with Gasteiger partial charge in [0.25, 0.3) is 11.8 Å². The lowest BCUT2D eigenvalue weighted by Gasteiger charge is -2.27. The van der Waals surface area contributed by atoms with Gasteiger partial charge in [-0.2, -0.15) is 5.10 Å². The molecule has 2 aliphatic heterocycles. The molecule has 1 atom stereocenters. The van der Waals surface area contributed by atoms with Crippen molar-refractivity contribution in [1.29, 1.82) is 0 Å². The highest BCUT2D eigenvalue weighted by atomic mass is 16.5. The maximum atomic E-state index is 13.2. The van der Waals surface area contributed by atoms with E-state index in [4.69, 9.17) is 19.2 Å². The average Bonchev–Trinajstić information content (AvgIpc) is 3.76. The molecule has 3 aliphatic rings. The van der Waals surface area contributed by atoms with Gasteiger partial charge < -0.3 is 24.7 Å². The van der Waals surface area contributed by atoms with E-state index in [9.17, 15) is 4.79 Å². The molecule has 1 saturated heterocycles. The number of anilines is 3. The Balaban J connectivity index is 1.21. The predicted molar refractivity (Wildman–Crippen MR) is 151 cm³/mol. The third-order valence-electron chi connectivity index (χ3n) is 7.63. The number of carbonyl (C=O) groups excluding carboxylic acids is 1. The zero-order valence-electron chi connectivity index (χ0n) is 22.0. The van der Waals surface area contributed by atoms with Crippen LogP contribution < -0.4 is 15.5 Å². The average molecular weight is 539 g/mol. The van der Waals surface area contributed by atoms with Crippen LogP contribution in [-0.2, 0) is 9.53 Å². The molecule has 0 radical (unpaired) electrons. The van der Waals surface area contributed by atoms with Crippen LogP contribution in [0.25, 0.3) is 11.5 Å². The second-order valence-corrected chi connectivity index (χ2v) is 10.2. The summed E-state index contributed by atoms with van der Waals surface area (Å²) in [5.74, 6) is 0.844. The zero-order chi connectivity index (χ0) is 26.9. The summed E-state index contributed by atoms with van der Waals surface area (Å²) in [4.78, 5) is 20.3. The number of para-hydroxylation sites is 1. The number of hydrogen-bond acceptors (Lipinski definition) is 9. The largest absolute Gasteiger partial charge is 0.403 e. The van der Waals surface area contributed by atoms with Gasteiger partial charge in [-0.1, -0.05) is 66.5 Å². The molecular weight excluding hydrogens is 508 g/mol. The van der Waals surface area contributed by atoms with Crippen LogP contribution in [0.4, 0.5) is 17.5 Å². The molecule has 0 spiro atoms. The number of amides is 1. The van der Waals surface area contributed by atoms with Crippen LogP contribution in [0.15, 0.2) is 70.2 Å². The summed E-state index contributed by atoms with van der Waals surface area (Å²) in [5, 5.41) is 19.6. The Hall–Kier alpha value is -4.51. The van der Waals surface area contributed by atoms with Crippen molar-refractivity contribution in [1.82, 2.24) is 20.0 Å². The summed E-state index contributed by atoms with van der Waals surface area (Å²) in [6.07, 6.45) is 5.68. The molecule has 2 aromatic carbocycles. The standard InChI is InChI=1S/C29H30N8O3/c38-27-25(31-24(19-8-2-1-3-9-19)21-12-6-7-13-23(21)30-27)32-29-34-33-28(40-29)22-18-37(20-10-4-5-11-20)35-26(22)36-14-16-39-17-15-36/h1-3,6-9,12-13,18,20,25H,4-5,10-11,14-17H2,(H,30,38)(H,32,34)/t25-/m1/s1. The van der Waals surface area contributed by atoms with Gasteiger partial charge in [0, 0.05) is 30.4 Å². The maximum Gasteiger partial charge on any atom is 0.317 e. The van der Waals surface area contributed by atoms with Crippen LogP contribution in [0.2, 0.25) is 0 Å². The van der Waals surface area contributed by atoms with E-state index >= 15 is 0 Å². The van der Waals surface area contributed by atoms with Gasteiger partial charge in [-0.3, -0.25) is 9.48 Å². The van der Waals surface area contributed by atoms with E-state index in [1.165, 1.54) is 12.8 Å². The number of benzodiazepines with no additional fused rings is 1. The molecule has 2 fully saturated rings. The Labute approximate surface area is 231 Å². The first-order chi connectivity index (χ1) is 19.7. The molecule has 2 N–H and O–H groups in total. The lowest BCUT2D eigenvalue weighted by atomic mass is 10.0. The highest BCUT2D eigenvalue weighted by Gasteiger charge is 2.29. The number of hydrogen-bond donors (Lipinski definition) is 2. The van der Waals surface area contributed by atoms with Crippen molar-refractivity contribution >= 4 is 29.1 Å². The normalized spacial score (nSPS) is 19.6. The monoisotopic (exact) mass is 538 g/mol.